The number of pyridine rings is 1. The molecule has 0 N–H and O–H groups in total. The van der Waals surface area contributed by atoms with Crippen molar-refractivity contribution in [3.63, 3.8) is 0 Å². The van der Waals surface area contributed by atoms with Crippen LogP contribution in [0.5, 0.6) is 0 Å². The fraction of sp³-hybridized carbons (Fsp3) is 0.263. The number of nitrogens with zero attached hydrogens (tertiary/aromatic N) is 4. The summed E-state index contributed by atoms with van der Waals surface area (Å²) < 4.78 is 3.96. The summed E-state index contributed by atoms with van der Waals surface area (Å²) in [5.74, 6) is 0.936. The molecular formula is C57H59N4+. The summed E-state index contributed by atoms with van der Waals surface area (Å²) in [4.78, 5) is 5.07. The van der Waals surface area contributed by atoms with Crippen LogP contribution in [0.1, 0.15) is 101 Å². The quantitative estimate of drug-likeness (QED) is 0.0931. The third-order valence-corrected chi connectivity index (χ3v) is 13.8. The van der Waals surface area contributed by atoms with E-state index < -0.39 is 5.41 Å². The van der Waals surface area contributed by atoms with E-state index in [0.717, 1.165) is 32.5 Å². The lowest BCUT2D eigenvalue weighted by Gasteiger charge is -2.55. The number of quaternary nitrogens is 2. The molecule has 0 unspecified atom stereocenters. The largest absolute Gasteiger partial charge is 0.325 e. The van der Waals surface area contributed by atoms with Gasteiger partial charge in [0.1, 0.15) is 11.5 Å². The molecule has 0 saturated carbocycles. The van der Waals surface area contributed by atoms with Gasteiger partial charge < -0.3 is 4.48 Å². The molecule has 1 saturated heterocycles. The van der Waals surface area contributed by atoms with Gasteiger partial charge >= 0.3 is 0 Å². The van der Waals surface area contributed by atoms with Crippen molar-refractivity contribution >= 4 is 38.9 Å². The van der Waals surface area contributed by atoms with Crippen molar-refractivity contribution in [1.82, 2.24) is 18.5 Å². The van der Waals surface area contributed by atoms with Gasteiger partial charge in [-0.25, -0.2) is 4.98 Å². The molecule has 61 heavy (non-hydrogen) atoms. The van der Waals surface area contributed by atoms with Crippen LogP contribution in [0.15, 0.2) is 158 Å². The lowest BCUT2D eigenvalue weighted by Crippen LogP contribution is -2.68. The van der Waals surface area contributed by atoms with Gasteiger partial charge in [0.15, 0.2) is 18.0 Å². The smallest absolute Gasteiger partial charge is 0.181 e. The normalized spacial score (nSPS) is 19.0. The minimum absolute atomic E-state index is 0.0203. The molecule has 2 atom stereocenters. The van der Waals surface area contributed by atoms with Gasteiger partial charge in [0.25, 0.3) is 0 Å². The van der Waals surface area contributed by atoms with Crippen LogP contribution in [0.25, 0.3) is 27.6 Å². The van der Waals surface area contributed by atoms with E-state index in [-0.39, 0.29) is 16.2 Å². The molecule has 3 aliphatic heterocycles. The number of fused-ring (bicyclic) bond motifs is 3. The molecule has 306 valence electrons. The van der Waals surface area contributed by atoms with Crippen molar-refractivity contribution in [1.29, 1.82) is 0 Å². The van der Waals surface area contributed by atoms with Crippen molar-refractivity contribution in [2.45, 2.75) is 84.0 Å². The second-order valence-electron chi connectivity index (χ2n) is 21.1. The summed E-state index contributed by atoms with van der Waals surface area (Å²) >= 11 is 0. The standard InChI is InChI=1S/C57H59N4/c1-54(2,3)41-26-28-51-52(35-41)61(37-60(51,10)38-61)46-32-44(56(7,8)9)31-45(33-46)57(39-19-13-11-14-20-39,40-21-15-12-16-22-40)43-25-27-48-47-23-17-18-24-49(47)59(50(48)34-43)53-36-42(29-30-58-53)55(4,5)6/h11-37H,38H2,1-10H3/q+1/t60-,61+/m0/s1. The number of aromatic nitrogens is 2. The van der Waals surface area contributed by atoms with Crippen LogP contribution >= 0.6 is 0 Å². The lowest BCUT2D eigenvalue weighted by molar-refractivity contribution is 0.157. The van der Waals surface area contributed by atoms with Crippen LogP contribution in [0, 0.1) is 6.67 Å². The van der Waals surface area contributed by atoms with E-state index in [1.165, 1.54) is 66.8 Å². The molecule has 8 aromatic rings. The summed E-state index contributed by atoms with van der Waals surface area (Å²) in [6.45, 7) is 24.4. The summed E-state index contributed by atoms with van der Waals surface area (Å²) in [7, 11) is 2.37. The number of hydrogen-bond acceptors (Lipinski definition) is 1. The van der Waals surface area contributed by atoms with Crippen molar-refractivity contribution in [3.05, 3.63) is 203 Å². The maximum Gasteiger partial charge on any atom is 0.181 e. The van der Waals surface area contributed by atoms with E-state index in [0.29, 0.717) is 0 Å². The monoisotopic (exact) mass is 799 g/mol. The first-order valence-electron chi connectivity index (χ1n) is 22.0. The molecular weight excluding hydrogens is 741 g/mol. The van der Waals surface area contributed by atoms with Crippen molar-refractivity contribution in [2.75, 3.05) is 13.7 Å². The Bertz CT molecular complexity index is 2940. The minimum atomic E-state index is -0.675. The molecule has 4 heteroatoms. The first kappa shape index (κ1) is 39.3. The Morgan fingerprint density at radius 3 is 1.67 bits per heavy atom. The van der Waals surface area contributed by atoms with Crippen LogP contribution in [0.2, 0.25) is 0 Å². The second-order valence-corrected chi connectivity index (χ2v) is 21.1. The molecule has 0 aliphatic carbocycles. The highest BCUT2D eigenvalue weighted by Gasteiger charge is 2.60. The van der Waals surface area contributed by atoms with Gasteiger partial charge in [-0.3, -0.25) is 9.05 Å². The summed E-state index contributed by atoms with van der Waals surface area (Å²) in [5, 5.41) is 2.44. The third-order valence-electron chi connectivity index (χ3n) is 13.8. The molecule has 5 heterocycles. The highest BCUT2D eigenvalue weighted by atomic mass is 15.7. The molecule has 2 bridgehead atoms. The van der Waals surface area contributed by atoms with Crippen molar-refractivity contribution in [3.8, 4) is 5.82 Å². The molecule has 11 rings (SSSR count). The second kappa shape index (κ2) is 13.3. The maximum absolute atomic E-state index is 5.07. The highest BCUT2D eigenvalue weighted by Crippen LogP contribution is 2.62. The SMILES string of the molecule is CC(C)(C)c1cc(C(c2ccccc2)(c2ccccc2)c2ccc3c4ccccc4n(-c4cc(C(C)(C)C)ccn4)c3c2)cc([N@@+]23[CH-][N@@+](C)(C2)c2ccc(C(C)(C)C)cc23)c1. The summed E-state index contributed by atoms with van der Waals surface area (Å²) in [6.07, 6.45) is 1.97. The van der Waals surface area contributed by atoms with Gasteiger partial charge in [0, 0.05) is 41.2 Å². The lowest BCUT2D eigenvalue weighted by atomic mass is 9.64. The summed E-state index contributed by atoms with van der Waals surface area (Å²) in [6, 6.07) is 57.8. The molecule has 0 amide bonds. The van der Waals surface area contributed by atoms with Gasteiger partial charge in [-0.2, -0.15) is 0 Å². The zero-order chi connectivity index (χ0) is 42.7. The Morgan fingerprint density at radius 1 is 0.475 bits per heavy atom. The van der Waals surface area contributed by atoms with Gasteiger partial charge in [-0.05, 0) is 79.5 Å². The fourth-order valence-electron chi connectivity index (χ4n) is 10.5. The fourth-order valence-corrected chi connectivity index (χ4v) is 10.5. The van der Waals surface area contributed by atoms with E-state index in [2.05, 4.69) is 232 Å². The number of para-hydroxylation sites is 1. The summed E-state index contributed by atoms with van der Waals surface area (Å²) in [5.41, 5.74) is 14.6. The van der Waals surface area contributed by atoms with Crippen LogP contribution in [0.3, 0.4) is 0 Å². The Kier molecular flexibility index (Phi) is 8.60. The Labute approximate surface area is 362 Å². The predicted molar refractivity (Wildman–Crippen MR) is 258 cm³/mol. The first-order chi connectivity index (χ1) is 28.9. The third kappa shape index (κ3) is 5.97. The molecule has 6 aromatic carbocycles. The highest BCUT2D eigenvalue weighted by molar-refractivity contribution is 6.09. The van der Waals surface area contributed by atoms with E-state index in [1.807, 2.05) is 6.20 Å². The molecule has 4 nitrogen and oxygen atoms in total. The van der Waals surface area contributed by atoms with E-state index in [9.17, 15) is 0 Å². The maximum atomic E-state index is 5.07. The average molecular weight is 800 g/mol. The average Bonchev–Trinajstić information content (AvgIpc) is 3.79. The Hall–Kier alpha value is -5.81. The molecule has 0 radical (unpaired) electrons. The van der Waals surface area contributed by atoms with Gasteiger partial charge in [0.05, 0.1) is 30.2 Å². The van der Waals surface area contributed by atoms with E-state index in [1.54, 1.807) is 0 Å². The molecule has 3 aliphatic rings. The van der Waals surface area contributed by atoms with E-state index in [4.69, 9.17) is 4.98 Å². The first-order valence-corrected chi connectivity index (χ1v) is 22.0. The topological polar surface area (TPSA) is 17.8 Å². The molecule has 0 spiro atoms. The van der Waals surface area contributed by atoms with Gasteiger partial charge in [-0.1, -0.05) is 165 Å². The van der Waals surface area contributed by atoms with Gasteiger partial charge in [-0.15, -0.1) is 0 Å². The van der Waals surface area contributed by atoms with Crippen LogP contribution < -0.4 is 8.97 Å². The van der Waals surface area contributed by atoms with E-state index >= 15 is 0 Å². The minimum Gasteiger partial charge on any atom is -0.325 e. The Morgan fingerprint density at radius 2 is 1.03 bits per heavy atom. The van der Waals surface area contributed by atoms with Crippen molar-refractivity contribution in [2.24, 2.45) is 0 Å². The molecule has 1 fully saturated rings. The number of rotatable bonds is 6. The van der Waals surface area contributed by atoms with Crippen LogP contribution in [-0.4, -0.2) is 23.3 Å². The predicted octanol–water partition coefficient (Wildman–Crippen LogP) is 14.1. The number of hydrogen-bond donors (Lipinski definition) is 0. The van der Waals surface area contributed by atoms with Crippen LogP contribution in [0.4, 0.5) is 17.1 Å². The zero-order valence-corrected chi connectivity index (χ0v) is 37.6. The zero-order valence-electron chi connectivity index (χ0n) is 37.6. The van der Waals surface area contributed by atoms with Gasteiger partial charge in [0.2, 0.25) is 0 Å². The molecule has 2 aromatic heterocycles. The number of benzene rings is 6. The Balaban J connectivity index is 1.31. The van der Waals surface area contributed by atoms with Crippen molar-refractivity contribution < 1.29 is 0 Å². The van der Waals surface area contributed by atoms with Crippen LogP contribution in [-0.2, 0) is 21.7 Å².